The first-order valence-electron chi connectivity index (χ1n) is 6.59. The van der Waals surface area contributed by atoms with Crippen LogP contribution in [0.5, 0.6) is 0 Å². The van der Waals surface area contributed by atoms with Crippen molar-refractivity contribution in [1.82, 2.24) is 0 Å². The minimum Gasteiger partial charge on any atom is -0.0689 e. The molecule has 0 saturated heterocycles. The zero-order valence-electron chi connectivity index (χ0n) is 10.9. The van der Waals surface area contributed by atoms with Crippen LogP contribution in [0, 0.1) is 5.92 Å². The van der Waals surface area contributed by atoms with E-state index >= 15 is 0 Å². The van der Waals surface area contributed by atoms with Gasteiger partial charge in [0.2, 0.25) is 0 Å². The molecule has 0 radical (unpaired) electrons. The molecule has 0 amide bonds. The molecule has 18 heavy (non-hydrogen) atoms. The van der Waals surface area contributed by atoms with Gasteiger partial charge in [-0.05, 0) is 29.5 Å². The van der Waals surface area contributed by atoms with Crippen molar-refractivity contribution < 1.29 is 0 Å². The van der Waals surface area contributed by atoms with E-state index in [4.69, 9.17) is 0 Å². The van der Waals surface area contributed by atoms with Gasteiger partial charge in [0, 0.05) is 5.92 Å². The molecule has 0 N–H and O–H groups in total. The molecule has 2 atom stereocenters. The van der Waals surface area contributed by atoms with E-state index in [1.807, 2.05) is 0 Å². The lowest BCUT2D eigenvalue weighted by Gasteiger charge is -2.31. The van der Waals surface area contributed by atoms with Gasteiger partial charge in [-0.15, -0.1) is 0 Å². The quantitative estimate of drug-likeness (QED) is 0.660. The Kier molecular flexibility index (Phi) is 2.79. The van der Waals surface area contributed by atoms with Crippen molar-refractivity contribution in [2.24, 2.45) is 5.92 Å². The summed E-state index contributed by atoms with van der Waals surface area (Å²) < 4.78 is 0. The Hall–Kier alpha value is -1.82. The topological polar surface area (TPSA) is 0 Å². The second kappa shape index (κ2) is 4.45. The summed E-state index contributed by atoms with van der Waals surface area (Å²) in [6.45, 7) is 4.58. The van der Waals surface area contributed by atoms with Crippen LogP contribution in [-0.2, 0) is 0 Å². The number of allylic oxidation sites excluding steroid dienone is 1. The van der Waals surface area contributed by atoms with Crippen LogP contribution in [0.1, 0.15) is 36.5 Å². The van der Waals surface area contributed by atoms with Gasteiger partial charge in [-0.2, -0.15) is 0 Å². The van der Waals surface area contributed by atoms with Gasteiger partial charge in [0.1, 0.15) is 0 Å². The van der Waals surface area contributed by atoms with Gasteiger partial charge in [0.25, 0.3) is 0 Å². The lowest BCUT2D eigenvalue weighted by molar-refractivity contribution is 0.585. The average Bonchev–Trinajstić information content (AvgIpc) is 2.41. The summed E-state index contributed by atoms with van der Waals surface area (Å²) in [6, 6.07) is 19.6. The summed E-state index contributed by atoms with van der Waals surface area (Å²) in [6.07, 6.45) is 2.33. The summed E-state index contributed by atoms with van der Waals surface area (Å²) >= 11 is 0. The molecule has 0 aromatic heterocycles. The molecular weight excluding hydrogens is 216 g/mol. The van der Waals surface area contributed by atoms with E-state index in [2.05, 4.69) is 74.5 Å². The molecular formula is C18H18. The second-order valence-corrected chi connectivity index (χ2v) is 5.19. The van der Waals surface area contributed by atoms with E-state index < -0.39 is 0 Å². The predicted octanol–water partition coefficient (Wildman–Crippen LogP) is 4.87. The molecule has 0 heterocycles. The van der Waals surface area contributed by atoms with Gasteiger partial charge in [0.15, 0.2) is 0 Å². The normalized spacial score (nSPS) is 22.2. The fourth-order valence-corrected chi connectivity index (χ4v) is 2.96. The van der Waals surface area contributed by atoms with Crippen LogP contribution in [0.15, 0.2) is 60.2 Å². The van der Waals surface area contributed by atoms with Gasteiger partial charge < -0.3 is 0 Å². The average molecular weight is 234 g/mol. The summed E-state index contributed by atoms with van der Waals surface area (Å²) in [7, 11) is 0. The molecule has 1 aliphatic carbocycles. The fourth-order valence-electron chi connectivity index (χ4n) is 2.96. The van der Waals surface area contributed by atoms with Crippen molar-refractivity contribution in [3.8, 4) is 0 Å². The predicted molar refractivity (Wildman–Crippen MR) is 77.5 cm³/mol. The Balaban J connectivity index is 2.17. The van der Waals surface area contributed by atoms with Crippen LogP contribution in [0.3, 0.4) is 0 Å². The summed E-state index contributed by atoms with van der Waals surface area (Å²) in [5.74, 6) is 1.06. The Bertz CT molecular complexity index is 578. The first kappa shape index (κ1) is 11.3. The number of hydrogen-bond acceptors (Lipinski definition) is 0. The van der Waals surface area contributed by atoms with Crippen molar-refractivity contribution in [3.05, 3.63) is 76.9 Å². The third kappa shape index (κ3) is 1.78. The maximum atomic E-state index is 2.33. The summed E-state index contributed by atoms with van der Waals surface area (Å²) in [5.41, 5.74) is 5.73. The SMILES string of the molecule is CC1=Cc2ccccc2[C@H](c2ccccc2)[C@H]1C. The third-order valence-corrected chi connectivity index (χ3v) is 4.09. The molecule has 0 aliphatic heterocycles. The Morgan fingerprint density at radius 1 is 0.833 bits per heavy atom. The zero-order chi connectivity index (χ0) is 12.5. The maximum Gasteiger partial charge on any atom is 0.0158 e. The molecule has 0 saturated carbocycles. The van der Waals surface area contributed by atoms with Gasteiger partial charge in [-0.25, -0.2) is 0 Å². The molecule has 0 unspecified atom stereocenters. The van der Waals surface area contributed by atoms with E-state index in [1.165, 1.54) is 22.3 Å². The number of benzene rings is 2. The van der Waals surface area contributed by atoms with Gasteiger partial charge in [-0.3, -0.25) is 0 Å². The molecule has 0 spiro atoms. The number of fused-ring (bicyclic) bond motifs is 1. The molecule has 0 fully saturated rings. The van der Waals surface area contributed by atoms with Crippen LogP contribution in [0.2, 0.25) is 0 Å². The lowest BCUT2D eigenvalue weighted by atomic mass is 9.73. The highest BCUT2D eigenvalue weighted by Crippen LogP contribution is 2.41. The monoisotopic (exact) mass is 234 g/mol. The van der Waals surface area contributed by atoms with Crippen LogP contribution < -0.4 is 0 Å². The first-order chi connectivity index (χ1) is 8.77. The molecule has 90 valence electrons. The molecule has 0 heteroatoms. The molecule has 0 nitrogen and oxygen atoms in total. The van der Waals surface area contributed by atoms with Gasteiger partial charge in [-0.1, -0.05) is 73.2 Å². The maximum absolute atomic E-state index is 2.33. The summed E-state index contributed by atoms with van der Waals surface area (Å²) in [5, 5.41) is 0. The minimum atomic E-state index is 0.493. The van der Waals surface area contributed by atoms with E-state index in [0.29, 0.717) is 11.8 Å². The standard InChI is InChI=1S/C18H18/c1-13-12-16-10-6-7-11-17(16)18(14(13)2)15-8-4-3-5-9-15/h3-12,14,18H,1-2H3/t14-,18-/m0/s1. The highest BCUT2D eigenvalue weighted by Gasteiger charge is 2.27. The van der Waals surface area contributed by atoms with Crippen molar-refractivity contribution in [2.45, 2.75) is 19.8 Å². The number of hydrogen-bond donors (Lipinski definition) is 0. The third-order valence-electron chi connectivity index (χ3n) is 4.09. The zero-order valence-corrected chi connectivity index (χ0v) is 10.9. The lowest BCUT2D eigenvalue weighted by Crippen LogP contribution is -2.17. The van der Waals surface area contributed by atoms with E-state index in [0.717, 1.165) is 0 Å². The van der Waals surface area contributed by atoms with Crippen LogP contribution in [-0.4, -0.2) is 0 Å². The molecule has 0 bridgehead atoms. The Morgan fingerprint density at radius 3 is 2.28 bits per heavy atom. The van der Waals surface area contributed by atoms with Crippen LogP contribution in [0.4, 0.5) is 0 Å². The second-order valence-electron chi connectivity index (χ2n) is 5.19. The van der Waals surface area contributed by atoms with Gasteiger partial charge >= 0.3 is 0 Å². The largest absolute Gasteiger partial charge is 0.0689 e. The Labute approximate surface area is 109 Å². The van der Waals surface area contributed by atoms with Crippen LogP contribution >= 0.6 is 0 Å². The smallest absolute Gasteiger partial charge is 0.0158 e. The highest BCUT2D eigenvalue weighted by molar-refractivity contribution is 5.63. The van der Waals surface area contributed by atoms with Crippen LogP contribution in [0.25, 0.3) is 6.08 Å². The number of rotatable bonds is 1. The van der Waals surface area contributed by atoms with E-state index in [9.17, 15) is 0 Å². The van der Waals surface area contributed by atoms with Crippen molar-refractivity contribution in [3.63, 3.8) is 0 Å². The summed E-state index contributed by atoms with van der Waals surface area (Å²) in [4.78, 5) is 0. The van der Waals surface area contributed by atoms with Crippen molar-refractivity contribution in [2.75, 3.05) is 0 Å². The minimum absolute atomic E-state index is 0.493. The molecule has 1 aliphatic rings. The van der Waals surface area contributed by atoms with E-state index in [-0.39, 0.29) is 0 Å². The Morgan fingerprint density at radius 2 is 1.50 bits per heavy atom. The highest BCUT2D eigenvalue weighted by atomic mass is 14.3. The van der Waals surface area contributed by atoms with E-state index in [1.54, 1.807) is 0 Å². The molecule has 2 aromatic rings. The van der Waals surface area contributed by atoms with Crippen molar-refractivity contribution >= 4 is 6.08 Å². The molecule has 2 aromatic carbocycles. The van der Waals surface area contributed by atoms with Crippen molar-refractivity contribution in [1.29, 1.82) is 0 Å². The molecule has 3 rings (SSSR count). The van der Waals surface area contributed by atoms with Gasteiger partial charge in [0.05, 0.1) is 0 Å². The fraction of sp³-hybridized carbons (Fsp3) is 0.222. The first-order valence-corrected chi connectivity index (χ1v) is 6.59.